The van der Waals surface area contributed by atoms with Gasteiger partial charge in [0.25, 0.3) is 0 Å². The minimum Gasteiger partial charge on any atom is -0.324 e. The van der Waals surface area contributed by atoms with Crippen molar-refractivity contribution in [2.24, 2.45) is 5.73 Å². The highest BCUT2D eigenvalue weighted by Gasteiger charge is 2.12. The van der Waals surface area contributed by atoms with E-state index in [9.17, 15) is 0 Å². The van der Waals surface area contributed by atoms with Crippen LogP contribution in [-0.2, 0) is 6.42 Å². The fraction of sp³-hybridized carbons (Fsp3) is 0.133. The van der Waals surface area contributed by atoms with E-state index in [1.807, 2.05) is 47.4 Å². The minimum absolute atomic E-state index is 0.0394. The van der Waals surface area contributed by atoms with Crippen LogP contribution >= 0.6 is 27.3 Å². The van der Waals surface area contributed by atoms with E-state index in [-0.39, 0.29) is 6.04 Å². The Balaban J connectivity index is 1.78. The van der Waals surface area contributed by atoms with E-state index < -0.39 is 0 Å². The van der Waals surface area contributed by atoms with E-state index in [0.717, 1.165) is 22.1 Å². The van der Waals surface area contributed by atoms with Gasteiger partial charge in [0.15, 0.2) is 0 Å². The van der Waals surface area contributed by atoms with E-state index in [1.165, 1.54) is 4.88 Å². The average Bonchev–Trinajstić information content (AvgIpc) is 3.10. The van der Waals surface area contributed by atoms with Crippen LogP contribution < -0.4 is 5.73 Å². The van der Waals surface area contributed by atoms with Gasteiger partial charge >= 0.3 is 0 Å². The largest absolute Gasteiger partial charge is 0.324 e. The molecule has 20 heavy (non-hydrogen) atoms. The third kappa shape index (κ3) is 2.85. The Bertz CT molecular complexity index is 690. The van der Waals surface area contributed by atoms with Crippen LogP contribution in [-0.4, -0.2) is 9.78 Å². The molecule has 3 rings (SSSR count). The van der Waals surface area contributed by atoms with E-state index in [0.29, 0.717) is 0 Å². The van der Waals surface area contributed by atoms with E-state index in [2.05, 4.69) is 32.5 Å². The van der Waals surface area contributed by atoms with E-state index >= 15 is 0 Å². The normalized spacial score (nSPS) is 12.5. The molecular weight excluding hydrogens is 334 g/mol. The topological polar surface area (TPSA) is 43.8 Å². The van der Waals surface area contributed by atoms with Gasteiger partial charge in [0, 0.05) is 33.6 Å². The fourth-order valence-corrected chi connectivity index (χ4v) is 3.61. The maximum atomic E-state index is 6.28. The molecule has 0 amide bonds. The first-order valence-corrected chi connectivity index (χ1v) is 7.99. The smallest absolute Gasteiger partial charge is 0.0645 e. The van der Waals surface area contributed by atoms with Gasteiger partial charge in [-0.15, -0.1) is 11.3 Å². The number of nitrogens with two attached hydrogens (primary N) is 1. The number of rotatable bonds is 4. The highest BCUT2D eigenvalue weighted by atomic mass is 79.9. The van der Waals surface area contributed by atoms with Crippen molar-refractivity contribution in [1.29, 1.82) is 0 Å². The summed E-state index contributed by atoms with van der Waals surface area (Å²) in [6.07, 6.45) is 4.67. The monoisotopic (exact) mass is 347 g/mol. The van der Waals surface area contributed by atoms with Gasteiger partial charge in [0.05, 0.1) is 11.9 Å². The van der Waals surface area contributed by atoms with Gasteiger partial charge in [-0.25, -0.2) is 4.68 Å². The van der Waals surface area contributed by atoms with Crippen molar-refractivity contribution in [3.63, 3.8) is 0 Å². The summed E-state index contributed by atoms with van der Waals surface area (Å²) in [6, 6.07) is 12.1. The number of para-hydroxylation sites is 1. The van der Waals surface area contributed by atoms with Gasteiger partial charge in [-0.1, -0.05) is 18.2 Å². The lowest BCUT2D eigenvalue weighted by atomic mass is 10.1. The summed E-state index contributed by atoms with van der Waals surface area (Å²) in [7, 11) is 0. The SMILES string of the molecule is NC(Cc1sccc1Br)c1cnn(-c2ccccc2)c1. The lowest BCUT2D eigenvalue weighted by Crippen LogP contribution is -2.12. The molecule has 0 radical (unpaired) electrons. The van der Waals surface area contributed by atoms with Crippen molar-refractivity contribution in [2.45, 2.75) is 12.5 Å². The van der Waals surface area contributed by atoms with E-state index in [4.69, 9.17) is 5.73 Å². The lowest BCUT2D eigenvalue weighted by Gasteiger charge is -2.08. The molecule has 0 saturated heterocycles. The van der Waals surface area contributed by atoms with Crippen LogP contribution in [0.25, 0.3) is 5.69 Å². The van der Waals surface area contributed by atoms with Crippen LogP contribution in [0.3, 0.4) is 0 Å². The van der Waals surface area contributed by atoms with Crippen LogP contribution in [0.5, 0.6) is 0 Å². The zero-order valence-corrected chi connectivity index (χ0v) is 13.1. The van der Waals surface area contributed by atoms with Crippen molar-refractivity contribution in [2.75, 3.05) is 0 Å². The summed E-state index contributed by atoms with van der Waals surface area (Å²) >= 11 is 5.26. The number of hydrogen-bond acceptors (Lipinski definition) is 3. The van der Waals surface area contributed by atoms with Gasteiger partial charge in [-0.2, -0.15) is 5.10 Å². The molecule has 1 atom stereocenters. The summed E-state index contributed by atoms with van der Waals surface area (Å²) < 4.78 is 2.99. The number of halogens is 1. The first kappa shape index (κ1) is 13.5. The Morgan fingerprint density at radius 1 is 1.25 bits per heavy atom. The van der Waals surface area contributed by atoms with Crippen LogP contribution in [0.1, 0.15) is 16.5 Å². The Morgan fingerprint density at radius 2 is 2.05 bits per heavy atom. The molecule has 1 unspecified atom stereocenters. The Morgan fingerprint density at radius 3 is 2.75 bits per heavy atom. The molecule has 0 bridgehead atoms. The van der Waals surface area contributed by atoms with E-state index in [1.54, 1.807) is 11.3 Å². The number of aromatic nitrogens is 2. The lowest BCUT2D eigenvalue weighted by molar-refractivity contribution is 0.728. The summed E-state index contributed by atoms with van der Waals surface area (Å²) in [4.78, 5) is 1.27. The Hall–Kier alpha value is -1.43. The maximum absolute atomic E-state index is 6.28. The van der Waals surface area contributed by atoms with Crippen molar-refractivity contribution in [3.05, 3.63) is 69.1 Å². The third-order valence-corrected chi connectivity index (χ3v) is 5.10. The summed E-state index contributed by atoms with van der Waals surface area (Å²) in [5, 5.41) is 6.46. The molecule has 0 aliphatic rings. The quantitative estimate of drug-likeness (QED) is 0.776. The maximum Gasteiger partial charge on any atom is 0.0645 e. The van der Waals surface area contributed by atoms with Gasteiger partial charge in [0.1, 0.15) is 0 Å². The zero-order valence-electron chi connectivity index (χ0n) is 10.7. The molecule has 3 nitrogen and oxygen atoms in total. The number of hydrogen-bond donors (Lipinski definition) is 1. The Kier molecular flexibility index (Phi) is 4.00. The highest BCUT2D eigenvalue weighted by Crippen LogP contribution is 2.27. The van der Waals surface area contributed by atoms with Crippen LogP contribution in [0, 0.1) is 0 Å². The molecule has 0 aliphatic heterocycles. The molecule has 2 heterocycles. The molecule has 5 heteroatoms. The standard InChI is InChI=1S/C15H14BrN3S/c16-13-6-7-20-15(13)8-14(17)11-9-18-19(10-11)12-4-2-1-3-5-12/h1-7,9-10,14H,8,17H2. The van der Waals surface area contributed by atoms with Crippen LogP contribution in [0.2, 0.25) is 0 Å². The Labute approximate surface area is 130 Å². The molecule has 0 aliphatic carbocycles. The molecule has 1 aromatic carbocycles. The summed E-state index contributed by atoms with van der Waals surface area (Å²) in [5.41, 5.74) is 8.37. The summed E-state index contributed by atoms with van der Waals surface area (Å²) in [6.45, 7) is 0. The highest BCUT2D eigenvalue weighted by molar-refractivity contribution is 9.10. The minimum atomic E-state index is -0.0394. The number of thiophene rings is 1. The average molecular weight is 348 g/mol. The molecule has 0 saturated carbocycles. The summed E-state index contributed by atoms with van der Waals surface area (Å²) in [5.74, 6) is 0. The second-order valence-corrected chi connectivity index (χ2v) is 6.41. The molecule has 0 fully saturated rings. The van der Waals surface area contributed by atoms with Crippen molar-refractivity contribution >= 4 is 27.3 Å². The van der Waals surface area contributed by atoms with Crippen molar-refractivity contribution in [1.82, 2.24) is 9.78 Å². The van der Waals surface area contributed by atoms with Crippen molar-refractivity contribution < 1.29 is 0 Å². The predicted molar refractivity (Wildman–Crippen MR) is 86.2 cm³/mol. The van der Waals surface area contributed by atoms with Gasteiger partial charge in [0.2, 0.25) is 0 Å². The molecule has 102 valence electrons. The second kappa shape index (κ2) is 5.91. The second-order valence-electron chi connectivity index (χ2n) is 4.56. The van der Waals surface area contributed by atoms with Crippen molar-refractivity contribution in [3.8, 4) is 5.69 Å². The van der Waals surface area contributed by atoms with Crippen LogP contribution in [0.15, 0.2) is 58.6 Å². The van der Waals surface area contributed by atoms with Crippen LogP contribution in [0.4, 0.5) is 0 Å². The number of benzene rings is 1. The third-order valence-electron chi connectivity index (χ3n) is 3.15. The van der Waals surface area contributed by atoms with Gasteiger partial charge in [-0.05, 0) is 39.5 Å². The molecule has 2 N–H and O–H groups in total. The fourth-order valence-electron chi connectivity index (χ4n) is 2.04. The van der Waals surface area contributed by atoms with Gasteiger partial charge in [-0.3, -0.25) is 0 Å². The molecule has 2 aromatic heterocycles. The first-order chi connectivity index (χ1) is 9.74. The van der Waals surface area contributed by atoms with Gasteiger partial charge < -0.3 is 5.73 Å². The molecular formula is C15H14BrN3S. The number of nitrogens with zero attached hydrogens (tertiary/aromatic N) is 2. The molecule has 0 spiro atoms. The zero-order chi connectivity index (χ0) is 13.9. The predicted octanol–water partition coefficient (Wildman–Crippen LogP) is 3.94. The first-order valence-electron chi connectivity index (χ1n) is 6.31. The molecule has 3 aromatic rings.